The average Bonchev–Trinajstić information content (AvgIpc) is 2.69. The molecule has 1 aromatic heterocycles. The van der Waals surface area contributed by atoms with Crippen LogP contribution in [0.2, 0.25) is 0 Å². The predicted molar refractivity (Wildman–Crippen MR) is 102 cm³/mol. The Hall–Kier alpha value is -2.76. The van der Waals surface area contributed by atoms with Crippen molar-refractivity contribution in [3.63, 3.8) is 0 Å². The van der Waals surface area contributed by atoms with Crippen LogP contribution in [0.25, 0.3) is 0 Å². The van der Waals surface area contributed by atoms with Crippen LogP contribution in [0, 0.1) is 0 Å². The lowest BCUT2D eigenvalue weighted by molar-refractivity contribution is 0.171. The van der Waals surface area contributed by atoms with Crippen molar-refractivity contribution < 1.29 is 9.47 Å². The first-order valence-corrected chi connectivity index (χ1v) is 9.28. The first kappa shape index (κ1) is 16.7. The Morgan fingerprint density at radius 3 is 2.85 bits per heavy atom. The molecule has 26 heavy (non-hydrogen) atoms. The Bertz CT molecular complexity index is 791. The Kier molecular flexibility index (Phi) is 5.19. The van der Waals surface area contributed by atoms with Crippen molar-refractivity contribution in [1.82, 2.24) is 9.97 Å². The van der Waals surface area contributed by atoms with Crippen molar-refractivity contribution in [2.24, 2.45) is 0 Å². The molecule has 2 aromatic rings. The lowest BCUT2D eigenvalue weighted by Crippen LogP contribution is -2.15. The summed E-state index contributed by atoms with van der Waals surface area (Å²) in [5.74, 6) is 2.91. The van der Waals surface area contributed by atoms with Crippen LogP contribution < -0.4 is 20.1 Å². The number of hydrogen-bond donors (Lipinski definition) is 2. The third kappa shape index (κ3) is 4.25. The molecule has 0 spiro atoms. The number of rotatable bonds is 6. The second-order valence-corrected chi connectivity index (χ2v) is 6.53. The van der Waals surface area contributed by atoms with E-state index < -0.39 is 0 Å². The summed E-state index contributed by atoms with van der Waals surface area (Å²) in [5.41, 5.74) is 2.44. The van der Waals surface area contributed by atoms with Gasteiger partial charge in [0.25, 0.3) is 0 Å². The molecule has 0 saturated carbocycles. The van der Waals surface area contributed by atoms with Gasteiger partial charge in [-0.05, 0) is 50.3 Å². The maximum atomic E-state index is 5.61. The van der Waals surface area contributed by atoms with Crippen molar-refractivity contribution in [3.05, 3.63) is 42.1 Å². The van der Waals surface area contributed by atoms with E-state index in [4.69, 9.17) is 9.47 Å². The van der Waals surface area contributed by atoms with Crippen molar-refractivity contribution in [3.8, 4) is 11.5 Å². The monoisotopic (exact) mass is 352 g/mol. The predicted octanol–water partition coefficient (Wildman–Crippen LogP) is 4.29. The molecule has 0 amide bonds. The second-order valence-electron chi connectivity index (χ2n) is 6.53. The Morgan fingerprint density at radius 1 is 1.04 bits per heavy atom. The van der Waals surface area contributed by atoms with Gasteiger partial charge in [-0.2, -0.15) is 4.98 Å². The number of ether oxygens (including phenoxy) is 2. The third-order valence-corrected chi connectivity index (χ3v) is 4.59. The van der Waals surface area contributed by atoms with Crippen molar-refractivity contribution in [2.45, 2.75) is 32.1 Å². The van der Waals surface area contributed by atoms with Gasteiger partial charge in [0, 0.05) is 24.5 Å². The molecule has 0 unspecified atom stereocenters. The van der Waals surface area contributed by atoms with Crippen molar-refractivity contribution >= 4 is 17.5 Å². The number of aromatic nitrogens is 2. The van der Waals surface area contributed by atoms with E-state index in [0.29, 0.717) is 19.2 Å². The molecule has 2 aliphatic rings. The lowest BCUT2D eigenvalue weighted by atomic mass is 9.97. The van der Waals surface area contributed by atoms with E-state index in [1.807, 2.05) is 24.3 Å². The molecule has 0 radical (unpaired) electrons. The molecule has 0 bridgehead atoms. The molecule has 2 heterocycles. The molecule has 1 aliphatic heterocycles. The van der Waals surface area contributed by atoms with Crippen LogP contribution in [0.3, 0.4) is 0 Å². The number of hydrogen-bond acceptors (Lipinski definition) is 6. The molecule has 6 nitrogen and oxygen atoms in total. The number of anilines is 3. The van der Waals surface area contributed by atoms with Gasteiger partial charge in [-0.1, -0.05) is 11.6 Å². The third-order valence-electron chi connectivity index (χ3n) is 4.59. The molecule has 6 heteroatoms. The highest BCUT2D eigenvalue weighted by Crippen LogP contribution is 2.33. The topological polar surface area (TPSA) is 68.3 Å². The fraction of sp³-hybridized carbons (Fsp3) is 0.400. The number of allylic oxidation sites excluding steroid dienone is 1. The molecular formula is C20H24N4O2. The highest BCUT2D eigenvalue weighted by Gasteiger charge is 2.12. The Morgan fingerprint density at radius 2 is 1.96 bits per heavy atom. The van der Waals surface area contributed by atoms with Gasteiger partial charge in [-0.15, -0.1) is 0 Å². The molecule has 2 N–H and O–H groups in total. The summed E-state index contributed by atoms with van der Waals surface area (Å²) in [4.78, 5) is 8.84. The zero-order valence-corrected chi connectivity index (χ0v) is 14.8. The first-order chi connectivity index (χ1) is 12.9. The minimum atomic E-state index is 0.559. The van der Waals surface area contributed by atoms with E-state index in [1.54, 1.807) is 11.8 Å². The van der Waals surface area contributed by atoms with E-state index in [2.05, 4.69) is 26.7 Å². The van der Waals surface area contributed by atoms with E-state index in [-0.39, 0.29) is 0 Å². The molecule has 1 aliphatic carbocycles. The molecule has 0 fully saturated rings. The minimum absolute atomic E-state index is 0.559. The summed E-state index contributed by atoms with van der Waals surface area (Å²) in [6.45, 7) is 2.06. The number of nitrogens with one attached hydrogen (secondary N) is 2. The molecular weight excluding hydrogens is 328 g/mol. The maximum Gasteiger partial charge on any atom is 0.229 e. The number of fused-ring (bicyclic) bond motifs is 1. The molecule has 136 valence electrons. The normalized spacial score (nSPS) is 15.9. The summed E-state index contributed by atoms with van der Waals surface area (Å²) in [5, 5.41) is 6.62. The maximum absolute atomic E-state index is 5.61. The molecule has 0 saturated heterocycles. The van der Waals surface area contributed by atoms with Gasteiger partial charge < -0.3 is 20.1 Å². The summed E-state index contributed by atoms with van der Waals surface area (Å²) in [6.07, 6.45) is 10.3. The fourth-order valence-corrected chi connectivity index (χ4v) is 3.25. The zero-order valence-electron chi connectivity index (χ0n) is 14.8. The van der Waals surface area contributed by atoms with Gasteiger partial charge in [0.05, 0.1) is 0 Å². The Balaban J connectivity index is 1.35. The van der Waals surface area contributed by atoms with Crippen LogP contribution in [0.4, 0.5) is 17.5 Å². The summed E-state index contributed by atoms with van der Waals surface area (Å²) >= 11 is 0. The standard InChI is InChI=1S/C20H24N4O2/c1-2-4-15(5-3-1)8-10-21-19-9-11-22-20(24-19)23-16-6-7-17-18(14-16)26-13-12-25-17/h4,6-7,9,11,14H,1-3,5,8,10,12-13H2,(H2,21,22,23,24). The Labute approximate surface area is 153 Å². The largest absolute Gasteiger partial charge is 0.486 e. The molecule has 0 atom stereocenters. The first-order valence-electron chi connectivity index (χ1n) is 9.28. The SMILES string of the molecule is C1=C(CCNc2ccnc(Nc3ccc4c(c3)OCCO4)n2)CCCC1. The summed E-state index contributed by atoms with van der Waals surface area (Å²) < 4.78 is 11.2. The van der Waals surface area contributed by atoms with Crippen molar-refractivity contribution in [1.29, 1.82) is 0 Å². The average molecular weight is 352 g/mol. The fourth-order valence-electron chi connectivity index (χ4n) is 3.25. The van der Waals surface area contributed by atoms with E-state index >= 15 is 0 Å². The summed E-state index contributed by atoms with van der Waals surface area (Å²) in [7, 11) is 0. The van der Waals surface area contributed by atoms with Crippen molar-refractivity contribution in [2.75, 3.05) is 30.4 Å². The van der Waals surface area contributed by atoms with E-state index in [1.165, 1.54) is 25.7 Å². The second kappa shape index (κ2) is 8.08. The molecule has 4 rings (SSSR count). The van der Waals surface area contributed by atoms with Crippen LogP contribution in [0.5, 0.6) is 11.5 Å². The van der Waals surface area contributed by atoms with Crippen LogP contribution in [-0.4, -0.2) is 29.7 Å². The van der Waals surface area contributed by atoms with Crippen LogP contribution in [0.15, 0.2) is 42.1 Å². The van der Waals surface area contributed by atoms with Crippen LogP contribution >= 0.6 is 0 Å². The highest BCUT2D eigenvalue weighted by molar-refractivity contribution is 5.60. The van der Waals surface area contributed by atoms with E-state index in [0.717, 1.165) is 36.0 Å². The van der Waals surface area contributed by atoms with Gasteiger partial charge in [0.2, 0.25) is 5.95 Å². The van der Waals surface area contributed by atoms with Crippen LogP contribution in [-0.2, 0) is 0 Å². The van der Waals surface area contributed by atoms with Gasteiger partial charge in [0.1, 0.15) is 19.0 Å². The van der Waals surface area contributed by atoms with E-state index in [9.17, 15) is 0 Å². The summed E-state index contributed by atoms with van der Waals surface area (Å²) in [6, 6.07) is 7.64. The van der Waals surface area contributed by atoms with Crippen LogP contribution in [0.1, 0.15) is 32.1 Å². The number of benzene rings is 1. The minimum Gasteiger partial charge on any atom is -0.486 e. The van der Waals surface area contributed by atoms with Gasteiger partial charge in [-0.25, -0.2) is 4.98 Å². The quantitative estimate of drug-likeness (QED) is 0.756. The van der Waals surface area contributed by atoms with Gasteiger partial charge in [-0.3, -0.25) is 0 Å². The highest BCUT2D eigenvalue weighted by atomic mass is 16.6. The zero-order chi connectivity index (χ0) is 17.6. The van der Waals surface area contributed by atoms with Gasteiger partial charge in [0.15, 0.2) is 11.5 Å². The lowest BCUT2D eigenvalue weighted by Gasteiger charge is -2.19. The van der Waals surface area contributed by atoms with Gasteiger partial charge >= 0.3 is 0 Å². The molecule has 1 aromatic carbocycles. The smallest absolute Gasteiger partial charge is 0.229 e. The number of nitrogens with zero attached hydrogens (tertiary/aromatic N) is 2.